The van der Waals surface area contributed by atoms with Gasteiger partial charge in [-0.25, -0.2) is 0 Å². The fourth-order valence-electron chi connectivity index (χ4n) is 4.07. The summed E-state index contributed by atoms with van der Waals surface area (Å²) in [6.07, 6.45) is -2.58. The van der Waals surface area contributed by atoms with Gasteiger partial charge in [0.2, 0.25) is 0 Å². The Morgan fingerprint density at radius 1 is 0.667 bits per heavy atom. The average Bonchev–Trinajstić information content (AvgIpc) is 2.86. The number of hydrogen-bond donors (Lipinski definition) is 1. The third kappa shape index (κ3) is 6.73. The van der Waals surface area contributed by atoms with Crippen molar-refractivity contribution >= 4 is 0 Å². The second kappa shape index (κ2) is 12.1. The van der Waals surface area contributed by atoms with Gasteiger partial charge in [-0.05, 0) is 23.6 Å². The molecule has 0 aliphatic carbocycles. The summed E-state index contributed by atoms with van der Waals surface area (Å²) in [6, 6.07) is 29.9. The van der Waals surface area contributed by atoms with Crippen LogP contribution in [0.1, 0.15) is 23.6 Å². The van der Waals surface area contributed by atoms with Crippen LogP contribution in [0.4, 0.5) is 0 Å². The summed E-state index contributed by atoms with van der Waals surface area (Å²) in [6.45, 7) is 3.51. The molecule has 174 valence electrons. The number of hydrogen-bond acceptors (Lipinski definition) is 5. The topological polar surface area (TPSA) is 57.2 Å². The molecule has 0 saturated carbocycles. The van der Waals surface area contributed by atoms with E-state index in [2.05, 4.69) is 0 Å². The summed E-state index contributed by atoms with van der Waals surface area (Å²) in [5.74, 6) is 0. The van der Waals surface area contributed by atoms with Crippen molar-refractivity contribution in [1.29, 1.82) is 0 Å². The molecular formula is C28H32O5. The molecule has 1 N–H and O–H groups in total. The van der Waals surface area contributed by atoms with Gasteiger partial charge >= 0.3 is 0 Å². The van der Waals surface area contributed by atoms with Gasteiger partial charge in [-0.1, -0.05) is 91.0 Å². The third-order valence-corrected chi connectivity index (χ3v) is 5.86. The smallest absolute Gasteiger partial charge is 0.115 e. The largest absolute Gasteiger partial charge is 0.387 e. The standard InChI is InChI=1S/C28H32O5/c1-21-27(31-18-23-13-7-3-8-14-23)28(32-19-24-15-9-4-10-16-24)26(29)25(33-21)20-30-17-22-11-5-2-6-12-22/h2-16,21,25-29H,17-20H2,1H3/t21-,25+,26+,27-,28-/m0/s1. The van der Waals surface area contributed by atoms with E-state index < -0.39 is 24.4 Å². The van der Waals surface area contributed by atoms with Crippen LogP contribution in [0.5, 0.6) is 0 Å². The highest BCUT2D eigenvalue weighted by Gasteiger charge is 2.45. The maximum Gasteiger partial charge on any atom is 0.115 e. The first-order chi connectivity index (χ1) is 16.2. The number of ether oxygens (including phenoxy) is 4. The molecule has 0 spiro atoms. The zero-order valence-electron chi connectivity index (χ0n) is 19.0. The lowest BCUT2D eigenvalue weighted by Crippen LogP contribution is -2.59. The minimum Gasteiger partial charge on any atom is -0.387 e. The Balaban J connectivity index is 1.41. The van der Waals surface area contributed by atoms with E-state index in [1.165, 1.54) is 0 Å². The van der Waals surface area contributed by atoms with Gasteiger partial charge in [-0.2, -0.15) is 0 Å². The second-order valence-corrected chi connectivity index (χ2v) is 8.39. The number of aliphatic hydroxyl groups excluding tert-OH is 1. The summed E-state index contributed by atoms with van der Waals surface area (Å²) >= 11 is 0. The van der Waals surface area contributed by atoms with Crippen LogP contribution in [-0.4, -0.2) is 42.2 Å². The normalized spacial score (nSPS) is 25.1. The Labute approximate surface area is 195 Å². The lowest BCUT2D eigenvalue weighted by atomic mass is 9.95. The molecule has 0 bridgehead atoms. The van der Waals surface area contributed by atoms with Crippen molar-refractivity contribution in [3.63, 3.8) is 0 Å². The van der Waals surface area contributed by atoms with E-state index in [0.717, 1.165) is 16.7 Å². The van der Waals surface area contributed by atoms with Gasteiger partial charge in [0.05, 0.1) is 32.5 Å². The fraction of sp³-hybridized carbons (Fsp3) is 0.357. The van der Waals surface area contributed by atoms with Crippen molar-refractivity contribution in [2.24, 2.45) is 0 Å². The fourth-order valence-corrected chi connectivity index (χ4v) is 4.07. The Hall–Kier alpha value is -2.54. The van der Waals surface area contributed by atoms with Crippen LogP contribution in [0.25, 0.3) is 0 Å². The minimum absolute atomic E-state index is 0.261. The Morgan fingerprint density at radius 2 is 1.12 bits per heavy atom. The maximum atomic E-state index is 11.2. The second-order valence-electron chi connectivity index (χ2n) is 8.39. The molecule has 1 saturated heterocycles. The van der Waals surface area contributed by atoms with Gasteiger partial charge in [0, 0.05) is 0 Å². The highest BCUT2D eigenvalue weighted by molar-refractivity contribution is 5.15. The van der Waals surface area contributed by atoms with Crippen LogP contribution >= 0.6 is 0 Å². The Bertz CT molecular complexity index is 934. The molecular weight excluding hydrogens is 416 g/mol. The number of aliphatic hydroxyl groups is 1. The van der Waals surface area contributed by atoms with Crippen LogP contribution in [-0.2, 0) is 38.8 Å². The zero-order valence-corrected chi connectivity index (χ0v) is 19.0. The van der Waals surface area contributed by atoms with Crippen molar-refractivity contribution in [2.45, 2.75) is 57.3 Å². The Morgan fingerprint density at radius 3 is 1.64 bits per heavy atom. The highest BCUT2D eigenvalue weighted by Crippen LogP contribution is 2.28. The highest BCUT2D eigenvalue weighted by atomic mass is 16.6. The molecule has 0 aromatic heterocycles. The van der Waals surface area contributed by atoms with Crippen LogP contribution in [0.3, 0.4) is 0 Å². The maximum absolute atomic E-state index is 11.2. The predicted octanol–water partition coefficient (Wildman–Crippen LogP) is 4.52. The van der Waals surface area contributed by atoms with Gasteiger partial charge < -0.3 is 24.1 Å². The molecule has 4 rings (SSSR count). The molecule has 1 aliphatic heterocycles. The molecule has 0 amide bonds. The number of rotatable bonds is 10. The van der Waals surface area contributed by atoms with Gasteiger partial charge in [0.1, 0.15) is 24.4 Å². The summed E-state index contributed by atoms with van der Waals surface area (Å²) in [4.78, 5) is 0. The molecule has 0 radical (unpaired) electrons. The first kappa shape index (κ1) is 23.6. The van der Waals surface area contributed by atoms with Gasteiger partial charge in [0.25, 0.3) is 0 Å². The SMILES string of the molecule is C[C@@H]1O[C@H](COCc2ccccc2)[C@@H](O)[C@H](OCc2ccccc2)[C@H]1OCc1ccccc1. The van der Waals surface area contributed by atoms with Crippen molar-refractivity contribution in [1.82, 2.24) is 0 Å². The van der Waals surface area contributed by atoms with E-state index >= 15 is 0 Å². The molecule has 1 aliphatic rings. The van der Waals surface area contributed by atoms with E-state index in [0.29, 0.717) is 19.8 Å². The van der Waals surface area contributed by atoms with E-state index in [1.54, 1.807) is 0 Å². The predicted molar refractivity (Wildman–Crippen MR) is 126 cm³/mol. The minimum atomic E-state index is -0.874. The molecule has 0 unspecified atom stereocenters. The molecule has 5 nitrogen and oxygen atoms in total. The van der Waals surface area contributed by atoms with Gasteiger partial charge in [-0.15, -0.1) is 0 Å². The van der Waals surface area contributed by atoms with Crippen molar-refractivity contribution in [2.75, 3.05) is 6.61 Å². The summed E-state index contributed by atoms with van der Waals surface area (Å²) < 4.78 is 24.5. The van der Waals surface area contributed by atoms with Gasteiger partial charge in [0.15, 0.2) is 0 Å². The van der Waals surface area contributed by atoms with Crippen molar-refractivity contribution in [3.8, 4) is 0 Å². The molecule has 1 heterocycles. The van der Waals surface area contributed by atoms with Crippen molar-refractivity contribution in [3.05, 3.63) is 108 Å². The van der Waals surface area contributed by atoms with Gasteiger partial charge in [-0.3, -0.25) is 0 Å². The lowest BCUT2D eigenvalue weighted by Gasteiger charge is -2.43. The summed E-state index contributed by atoms with van der Waals surface area (Å²) in [7, 11) is 0. The summed E-state index contributed by atoms with van der Waals surface area (Å²) in [5.41, 5.74) is 3.19. The molecule has 5 atom stereocenters. The number of benzene rings is 3. The zero-order chi connectivity index (χ0) is 22.9. The molecule has 3 aromatic carbocycles. The molecule has 33 heavy (non-hydrogen) atoms. The van der Waals surface area contributed by atoms with Crippen LogP contribution < -0.4 is 0 Å². The first-order valence-corrected chi connectivity index (χ1v) is 11.5. The lowest BCUT2D eigenvalue weighted by molar-refractivity contribution is -0.256. The Kier molecular flexibility index (Phi) is 8.64. The van der Waals surface area contributed by atoms with E-state index in [4.69, 9.17) is 18.9 Å². The average molecular weight is 449 g/mol. The third-order valence-electron chi connectivity index (χ3n) is 5.86. The summed E-state index contributed by atoms with van der Waals surface area (Å²) in [5, 5.41) is 11.2. The quantitative estimate of drug-likeness (QED) is 0.494. The van der Waals surface area contributed by atoms with Crippen molar-refractivity contribution < 1.29 is 24.1 Å². The van der Waals surface area contributed by atoms with E-state index in [-0.39, 0.29) is 12.7 Å². The van der Waals surface area contributed by atoms with Crippen LogP contribution in [0, 0.1) is 0 Å². The van der Waals surface area contributed by atoms with Crippen LogP contribution in [0.15, 0.2) is 91.0 Å². The van der Waals surface area contributed by atoms with E-state index in [1.807, 2.05) is 97.9 Å². The molecule has 3 aromatic rings. The van der Waals surface area contributed by atoms with Crippen LogP contribution in [0.2, 0.25) is 0 Å². The van der Waals surface area contributed by atoms with E-state index in [9.17, 15) is 5.11 Å². The molecule has 5 heteroatoms. The molecule has 1 fully saturated rings. The first-order valence-electron chi connectivity index (χ1n) is 11.5. The monoisotopic (exact) mass is 448 g/mol.